The Morgan fingerprint density at radius 3 is 2.69 bits per heavy atom. The van der Waals surface area contributed by atoms with E-state index in [0.717, 1.165) is 44.5 Å². The van der Waals surface area contributed by atoms with E-state index in [2.05, 4.69) is 47.7 Å². The van der Waals surface area contributed by atoms with Crippen molar-refractivity contribution in [2.45, 2.75) is 18.9 Å². The predicted molar refractivity (Wildman–Crippen MR) is 159 cm³/mol. The van der Waals surface area contributed by atoms with Gasteiger partial charge in [0.25, 0.3) is 6.43 Å². The maximum atomic E-state index is 14.3. The zero-order chi connectivity index (χ0) is 29.3. The van der Waals surface area contributed by atoms with Crippen LogP contribution in [0.2, 0.25) is 0 Å². The second kappa shape index (κ2) is 14.4. The average Bonchev–Trinajstić information content (AvgIpc) is 3.23. The number of allylic oxidation sites excluding steroid dienone is 1. The van der Waals surface area contributed by atoms with E-state index in [1.165, 1.54) is 12.3 Å². The van der Waals surface area contributed by atoms with Gasteiger partial charge < -0.3 is 24.8 Å². The highest BCUT2D eigenvalue weighted by Crippen LogP contribution is 2.26. The number of rotatable bonds is 10. The van der Waals surface area contributed by atoms with Gasteiger partial charge in [-0.1, -0.05) is 6.08 Å². The number of alkyl halides is 2. The lowest BCUT2D eigenvalue weighted by Crippen LogP contribution is -2.45. The number of hydrogen-bond acceptors (Lipinski definition) is 10. The summed E-state index contributed by atoms with van der Waals surface area (Å²) in [5.41, 5.74) is 4.78. The Morgan fingerprint density at radius 1 is 1.10 bits per heavy atom. The molecule has 0 amide bonds. The van der Waals surface area contributed by atoms with Gasteiger partial charge in [-0.15, -0.1) is 0 Å². The fourth-order valence-electron chi connectivity index (χ4n) is 4.89. The highest BCUT2D eigenvalue weighted by molar-refractivity contribution is 6.36. The van der Waals surface area contributed by atoms with Crippen molar-refractivity contribution in [1.82, 2.24) is 19.8 Å². The molecule has 10 nitrogen and oxygen atoms in total. The van der Waals surface area contributed by atoms with Crippen LogP contribution in [0.4, 0.5) is 30.6 Å². The van der Waals surface area contributed by atoms with Gasteiger partial charge in [0, 0.05) is 63.3 Å². The third kappa shape index (κ3) is 8.37. The number of ether oxygens (including phenoxy) is 1. The number of aliphatic imine (C=N–C) groups is 1. The van der Waals surface area contributed by atoms with E-state index in [9.17, 15) is 13.2 Å². The number of nitrogens with zero attached hydrogens (tertiary/aromatic N) is 7. The van der Waals surface area contributed by atoms with Crippen LogP contribution in [0.25, 0.3) is 0 Å². The van der Waals surface area contributed by atoms with Crippen molar-refractivity contribution < 1.29 is 17.9 Å². The molecular weight excluding hydrogens is 547 g/mol. The van der Waals surface area contributed by atoms with Crippen molar-refractivity contribution in [1.29, 1.82) is 0 Å². The van der Waals surface area contributed by atoms with Crippen molar-refractivity contribution in [3.63, 3.8) is 0 Å². The van der Waals surface area contributed by atoms with Crippen molar-refractivity contribution in [3.8, 4) is 0 Å². The fraction of sp³-hybridized carbons (Fsp3) is 0.448. The quantitative estimate of drug-likeness (QED) is 0.324. The molecule has 1 aromatic carbocycles. The second-order valence-corrected chi connectivity index (χ2v) is 10.4. The zero-order valence-electron chi connectivity index (χ0n) is 23.6. The molecule has 13 heteroatoms. The molecule has 1 unspecified atom stereocenters. The van der Waals surface area contributed by atoms with Crippen molar-refractivity contribution in [2.24, 2.45) is 10.1 Å². The second-order valence-electron chi connectivity index (χ2n) is 10.4. The van der Waals surface area contributed by atoms with E-state index in [0.29, 0.717) is 44.1 Å². The lowest BCUT2D eigenvalue weighted by Gasteiger charge is -2.32. The Morgan fingerprint density at radius 2 is 1.90 bits per heavy atom. The van der Waals surface area contributed by atoms with Crippen molar-refractivity contribution >= 4 is 29.4 Å². The molecule has 42 heavy (non-hydrogen) atoms. The zero-order valence-corrected chi connectivity index (χ0v) is 23.6. The summed E-state index contributed by atoms with van der Waals surface area (Å²) in [6.45, 7) is 6.96. The molecule has 3 aliphatic rings. The van der Waals surface area contributed by atoms with Gasteiger partial charge in [-0.2, -0.15) is 10.1 Å². The monoisotopic (exact) mass is 583 g/mol. The van der Waals surface area contributed by atoms with Gasteiger partial charge >= 0.3 is 0 Å². The van der Waals surface area contributed by atoms with E-state index in [-0.39, 0.29) is 23.4 Å². The first kappa shape index (κ1) is 29.7. The minimum atomic E-state index is -2.55. The molecule has 224 valence electrons. The third-order valence-corrected chi connectivity index (χ3v) is 7.30. The number of benzene rings is 1. The molecule has 0 aliphatic carbocycles. The van der Waals surface area contributed by atoms with Crippen LogP contribution in [-0.2, 0) is 11.2 Å². The molecular formula is C29H36F3N9O. The van der Waals surface area contributed by atoms with Crippen LogP contribution in [0.1, 0.15) is 17.6 Å². The molecule has 0 saturated carbocycles. The van der Waals surface area contributed by atoms with Crippen LogP contribution in [0, 0.1) is 5.82 Å². The first-order valence-electron chi connectivity index (χ1n) is 14.1. The standard InChI is InChI=1S/C29H36F3N9O/c1-39-8-10-40(11-9-39)7-5-21-16-22(27(31)32)18-25(17-21)36-23-2-3-24(33-6-4-23)19-35-38-29-34-20-26(30)28(37-29)41-12-14-42-15-13-41/h2-4,6,16-20,23,27,36H,5,7-15H2,1H3,(H,34,37,38)/b35-19+. The lowest BCUT2D eigenvalue weighted by molar-refractivity contribution is 0.122. The Hall–Kier alpha value is -3.81. The van der Waals surface area contributed by atoms with Gasteiger partial charge in [0.15, 0.2) is 11.6 Å². The first-order chi connectivity index (χ1) is 20.4. The summed E-state index contributed by atoms with van der Waals surface area (Å²) in [5.74, 6) is -0.148. The number of morpholine rings is 1. The molecule has 4 heterocycles. The molecule has 3 aliphatic heterocycles. The topological polar surface area (TPSA) is 93.5 Å². The lowest BCUT2D eigenvalue weighted by atomic mass is 10.1. The summed E-state index contributed by atoms with van der Waals surface area (Å²) in [5, 5.41) is 7.46. The average molecular weight is 584 g/mol. The van der Waals surface area contributed by atoms with Crippen molar-refractivity contribution in [2.75, 3.05) is 81.7 Å². The first-order valence-corrected chi connectivity index (χ1v) is 14.1. The molecule has 2 saturated heterocycles. The Kier molecular flexibility index (Phi) is 10.2. The van der Waals surface area contributed by atoms with Crippen LogP contribution < -0.4 is 15.6 Å². The van der Waals surface area contributed by atoms with Crippen LogP contribution >= 0.6 is 0 Å². The Bertz CT molecular complexity index is 1320. The highest BCUT2D eigenvalue weighted by Gasteiger charge is 2.18. The normalized spacial score (nSPS) is 20.3. The van der Waals surface area contributed by atoms with Crippen LogP contribution in [-0.4, -0.2) is 104 Å². The van der Waals surface area contributed by atoms with Gasteiger partial charge in [-0.05, 0) is 49.4 Å². The molecule has 0 radical (unpaired) electrons. The Labute approximate surface area is 243 Å². The van der Waals surface area contributed by atoms with Crippen LogP contribution in [0.15, 0.2) is 58.9 Å². The molecule has 2 aromatic rings. The Balaban J connectivity index is 1.17. The number of hydrazone groups is 1. The minimum Gasteiger partial charge on any atom is -0.378 e. The number of aromatic nitrogens is 2. The maximum Gasteiger partial charge on any atom is 0.263 e. The molecule has 2 N–H and O–H groups in total. The van der Waals surface area contributed by atoms with E-state index < -0.39 is 12.2 Å². The fourth-order valence-corrected chi connectivity index (χ4v) is 4.89. The van der Waals surface area contributed by atoms with E-state index >= 15 is 0 Å². The number of likely N-dealkylation sites (N-methyl/N-ethyl adjacent to an activating group) is 1. The van der Waals surface area contributed by atoms with Crippen molar-refractivity contribution in [3.05, 3.63) is 65.8 Å². The van der Waals surface area contributed by atoms with Gasteiger partial charge in [0.1, 0.15) is 0 Å². The van der Waals surface area contributed by atoms with Gasteiger partial charge in [-0.3, -0.25) is 4.99 Å². The third-order valence-electron chi connectivity index (χ3n) is 7.30. The summed E-state index contributed by atoms with van der Waals surface area (Å²) < 4.78 is 47.0. The highest BCUT2D eigenvalue weighted by atomic mass is 19.3. The number of halogens is 3. The SMILES string of the molecule is CN1CCN(CCc2cc(NC3C=CN=C(/C=N/Nc4ncc(F)c(N5CCOCC5)n4)C=C3)cc(C(F)F)c2)CC1. The van der Waals surface area contributed by atoms with E-state index in [1.807, 2.05) is 18.2 Å². The number of nitrogens with one attached hydrogen (secondary N) is 2. The van der Waals surface area contributed by atoms with Crippen LogP contribution in [0.3, 0.4) is 0 Å². The van der Waals surface area contributed by atoms with E-state index in [4.69, 9.17) is 4.74 Å². The van der Waals surface area contributed by atoms with Crippen LogP contribution in [0.5, 0.6) is 0 Å². The number of hydrogen-bond donors (Lipinski definition) is 2. The van der Waals surface area contributed by atoms with Gasteiger partial charge in [0.05, 0.1) is 37.4 Å². The summed E-state index contributed by atoms with van der Waals surface area (Å²) in [4.78, 5) is 19.0. The predicted octanol–water partition coefficient (Wildman–Crippen LogP) is 3.58. The van der Waals surface area contributed by atoms with Gasteiger partial charge in [0.2, 0.25) is 5.95 Å². The summed E-state index contributed by atoms with van der Waals surface area (Å²) in [7, 11) is 2.11. The minimum absolute atomic E-state index is 0.00453. The largest absolute Gasteiger partial charge is 0.378 e. The number of anilines is 3. The maximum absolute atomic E-state index is 14.3. The van der Waals surface area contributed by atoms with Gasteiger partial charge in [-0.25, -0.2) is 23.6 Å². The molecule has 5 rings (SSSR count). The molecule has 0 spiro atoms. The van der Waals surface area contributed by atoms with E-state index in [1.54, 1.807) is 23.2 Å². The molecule has 1 aromatic heterocycles. The molecule has 0 bridgehead atoms. The summed E-state index contributed by atoms with van der Waals surface area (Å²) in [6, 6.07) is 4.78. The smallest absolute Gasteiger partial charge is 0.263 e. The molecule has 1 atom stereocenters. The number of piperazine rings is 1. The summed E-state index contributed by atoms with van der Waals surface area (Å²) >= 11 is 0. The molecule has 2 fully saturated rings. The summed E-state index contributed by atoms with van der Waals surface area (Å²) in [6.07, 6.45) is 7.88.